The van der Waals surface area contributed by atoms with E-state index in [2.05, 4.69) is 12.2 Å². The fraction of sp³-hybridized carbons (Fsp3) is 0.533. The molecule has 0 saturated heterocycles. The minimum absolute atomic E-state index is 0.237. The molecule has 104 valence electrons. The number of hydrogen-bond acceptors (Lipinski definition) is 2. The first-order chi connectivity index (χ1) is 9.07. The maximum Gasteiger partial charge on any atom is 0.251 e. The molecule has 0 bridgehead atoms. The molecule has 0 spiro atoms. The summed E-state index contributed by atoms with van der Waals surface area (Å²) in [5.74, 6) is -0.284. The van der Waals surface area contributed by atoms with Crippen LogP contribution < -0.4 is 11.1 Å². The second-order valence-electron chi connectivity index (χ2n) is 5.47. The third-order valence-corrected chi connectivity index (χ3v) is 4.27. The molecule has 4 heteroatoms. The lowest BCUT2D eigenvalue weighted by Gasteiger charge is -2.42. The van der Waals surface area contributed by atoms with Gasteiger partial charge in [0.05, 0.1) is 5.54 Å². The van der Waals surface area contributed by atoms with Gasteiger partial charge in [-0.1, -0.05) is 25.8 Å². The van der Waals surface area contributed by atoms with Crippen LogP contribution in [-0.2, 0) is 0 Å². The highest BCUT2D eigenvalue weighted by atomic mass is 19.1. The first-order valence-electron chi connectivity index (χ1n) is 6.85. The summed E-state index contributed by atoms with van der Waals surface area (Å²) in [6, 6.07) is 5.76. The Morgan fingerprint density at radius 2 is 2.32 bits per heavy atom. The van der Waals surface area contributed by atoms with Gasteiger partial charge in [0.15, 0.2) is 0 Å². The summed E-state index contributed by atoms with van der Waals surface area (Å²) < 4.78 is 13.2. The maximum atomic E-state index is 13.2. The van der Waals surface area contributed by atoms with Crippen molar-refractivity contribution in [2.75, 3.05) is 6.54 Å². The van der Waals surface area contributed by atoms with Crippen LogP contribution in [0.1, 0.15) is 43.0 Å². The van der Waals surface area contributed by atoms with Crippen molar-refractivity contribution in [2.45, 2.75) is 38.1 Å². The van der Waals surface area contributed by atoms with Gasteiger partial charge in [-0.3, -0.25) is 4.79 Å². The van der Waals surface area contributed by atoms with E-state index in [4.69, 9.17) is 5.73 Å². The summed E-state index contributed by atoms with van der Waals surface area (Å²) in [6.07, 6.45) is 4.22. The minimum Gasteiger partial charge on any atom is -0.345 e. The van der Waals surface area contributed by atoms with Gasteiger partial charge < -0.3 is 11.1 Å². The van der Waals surface area contributed by atoms with Crippen molar-refractivity contribution in [3.8, 4) is 0 Å². The van der Waals surface area contributed by atoms with Gasteiger partial charge in [-0.15, -0.1) is 0 Å². The molecule has 1 aromatic rings. The first-order valence-corrected chi connectivity index (χ1v) is 6.85. The third-order valence-electron chi connectivity index (χ3n) is 4.27. The van der Waals surface area contributed by atoms with E-state index in [1.165, 1.54) is 18.6 Å². The maximum absolute atomic E-state index is 13.2. The molecule has 1 aliphatic rings. The SMILES string of the molecule is CC1CCCCC1(CN)NC(=O)c1cccc(F)c1. The molecule has 0 aliphatic heterocycles. The highest BCUT2D eigenvalue weighted by Crippen LogP contribution is 2.33. The van der Waals surface area contributed by atoms with Crippen LogP contribution in [0.4, 0.5) is 4.39 Å². The zero-order valence-corrected chi connectivity index (χ0v) is 11.3. The summed E-state index contributed by atoms with van der Waals surface area (Å²) >= 11 is 0. The Labute approximate surface area is 113 Å². The van der Waals surface area contributed by atoms with Crippen molar-refractivity contribution in [2.24, 2.45) is 11.7 Å². The molecule has 1 saturated carbocycles. The average molecular weight is 264 g/mol. The Bertz CT molecular complexity index is 463. The molecule has 3 nitrogen and oxygen atoms in total. The van der Waals surface area contributed by atoms with Gasteiger partial charge in [-0.2, -0.15) is 0 Å². The van der Waals surface area contributed by atoms with Crippen LogP contribution >= 0.6 is 0 Å². The molecule has 1 amide bonds. The van der Waals surface area contributed by atoms with E-state index < -0.39 is 5.82 Å². The number of nitrogens with one attached hydrogen (secondary N) is 1. The second kappa shape index (κ2) is 5.70. The zero-order valence-electron chi connectivity index (χ0n) is 11.3. The van der Waals surface area contributed by atoms with E-state index in [1.54, 1.807) is 12.1 Å². The van der Waals surface area contributed by atoms with Crippen LogP contribution in [0.25, 0.3) is 0 Å². The van der Waals surface area contributed by atoms with Crippen molar-refractivity contribution in [1.82, 2.24) is 5.32 Å². The monoisotopic (exact) mass is 264 g/mol. The Hall–Kier alpha value is -1.42. The molecule has 0 radical (unpaired) electrons. The Balaban J connectivity index is 2.16. The fourth-order valence-corrected chi connectivity index (χ4v) is 2.88. The molecular weight excluding hydrogens is 243 g/mol. The van der Waals surface area contributed by atoms with Crippen LogP contribution in [0.2, 0.25) is 0 Å². The number of amides is 1. The predicted molar refractivity (Wildman–Crippen MR) is 73.3 cm³/mol. The summed E-state index contributed by atoms with van der Waals surface area (Å²) in [5, 5.41) is 3.04. The van der Waals surface area contributed by atoms with E-state index in [9.17, 15) is 9.18 Å². The number of rotatable bonds is 3. The van der Waals surface area contributed by atoms with Crippen LogP contribution in [-0.4, -0.2) is 18.0 Å². The lowest BCUT2D eigenvalue weighted by Crippen LogP contribution is -2.59. The van der Waals surface area contributed by atoms with Gasteiger partial charge in [0, 0.05) is 12.1 Å². The molecule has 2 rings (SSSR count). The molecule has 1 fully saturated rings. The normalized spacial score (nSPS) is 27.0. The highest BCUT2D eigenvalue weighted by Gasteiger charge is 2.38. The van der Waals surface area contributed by atoms with Crippen LogP contribution in [0.3, 0.4) is 0 Å². The number of carbonyl (C=O) groups excluding carboxylic acids is 1. The van der Waals surface area contributed by atoms with E-state index >= 15 is 0 Å². The van der Waals surface area contributed by atoms with Gasteiger partial charge in [0.25, 0.3) is 5.91 Å². The smallest absolute Gasteiger partial charge is 0.251 e. The van der Waals surface area contributed by atoms with Crippen LogP contribution in [0, 0.1) is 11.7 Å². The molecule has 0 aromatic heterocycles. The van der Waals surface area contributed by atoms with Crippen molar-refractivity contribution in [3.05, 3.63) is 35.6 Å². The predicted octanol–water partition coefficient (Wildman–Crippen LogP) is 2.46. The largest absolute Gasteiger partial charge is 0.345 e. The van der Waals surface area contributed by atoms with Crippen molar-refractivity contribution >= 4 is 5.91 Å². The fourth-order valence-electron chi connectivity index (χ4n) is 2.88. The second-order valence-corrected chi connectivity index (χ2v) is 5.47. The van der Waals surface area contributed by atoms with Crippen LogP contribution in [0.15, 0.2) is 24.3 Å². The quantitative estimate of drug-likeness (QED) is 0.881. The Kier molecular flexibility index (Phi) is 4.20. The van der Waals surface area contributed by atoms with Crippen molar-refractivity contribution in [3.63, 3.8) is 0 Å². The van der Waals surface area contributed by atoms with Gasteiger partial charge in [-0.25, -0.2) is 4.39 Å². The lowest BCUT2D eigenvalue weighted by atomic mass is 9.73. The summed E-state index contributed by atoms with van der Waals surface area (Å²) in [4.78, 5) is 12.2. The Morgan fingerprint density at radius 3 is 2.95 bits per heavy atom. The number of nitrogens with two attached hydrogens (primary N) is 1. The van der Waals surface area contributed by atoms with Gasteiger partial charge in [0.1, 0.15) is 5.82 Å². The molecule has 2 unspecified atom stereocenters. The zero-order chi connectivity index (χ0) is 13.9. The van der Waals surface area contributed by atoms with E-state index in [0.29, 0.717) is 18.0 Å². The summed E-state index contributed by atoms with van der Waals surface area (Å²) in [6.45, 7) is 2.55. The van der Waals surface area contributed by atoms with Crippen LogP contribution in [0.5, 0.6) is 0 Å². The topological polar surface area (TPSA) is 55.1 Å². The van der Waals surface area contributed by atoms with Crippen molar-refractivity contribution in [1.29, 1.82) is 0 Å². The number of halogens is 1. The number of hydrogen-bond donors (Lipinski definition) is 2. The standard InChI is InChI=1S/C15H21FN2O/c1-11-5-2-3-8-15(11,10-17)18-14(19)12-6-4-7-13(16)9-12/h4,6-7,9,11H,2-3,5,8,10,17H2,1H3,(H,18,19). The highest BCUT2D eigenvalue weighted by molar-refractivity contribution is 5.94. The van der Waals surface area contributed by atoms with Crippen molar-refractivity contribution < 1.29 is 9.18 Å². The Morgan fingerprint density at radius 1 is 1.53 bits per heavy atom. The molecular formula is C15H21FN2O. The summed E-state index contributed by atoms with van der Waals surface area (Å²) in [7, 11) is 0. The minimum atomic E-state index is -0.397. The molecule has 1 aliphatic carbocycles. The third kappa shape index (κ3) is 2.95. The number of benzene rings is 1. The first kappa shape index (κ1) is 14.0. The van der Waals surface area contributed by atoms with E-state index in [1.807, 2.05) is 0 Å². The molecule has 19 heavy (non-hydrogen) atoms. The van der Waals surface area contributed by atoms with E-state index in [0.717, 1.165) is 19.3 Å². The lowest BCUT2D eigenvalue weighted by molar-refractivity contribution is 0.0812. The molecule has 0 heterocycles. The number of carbonyl (C=O) groups is 1. The van der Waals surface area contributed by atoms with Gasteiger partial charge in [0.2, 0.25) is 0 Å². The van der Waals surface area contributed by atoms with E-state index in [-0.39, 0.29) is 11.4 Å². The molecule has 2 atom stereocenters. The van der Waals surface area contributed by atoms with Gasteiger partial charge >= 0.3 is 0 Å². The average Bonchev–Trinajstić information content (AvgIpc) is 2.41. The molecule has 1 aromatic carbocycles. The van der Waals surface area contributed by atoms with Gasteiger partial charge in [-0.05, 0) is 37.0 Å². The molecule has 3 N–H and O–H groups in total. The summed E-state index contributed by atoms with van der Waals surface area (Å²) in [5.41, 5.74) is 5.90.